The highest BCUT2D eigenvalue weighted by atomic mass is 19.4. The summed E-state index contributed by atoms with van der Waals surface area (Å²) in [6.07, 6.45) is -4.13. The highest BCUT2D eigenvalue weighted by Crippen LogP contribution is 2.32. The number of alkyl halides is 3. The highest BCUT2D eigenvalue weighted by molar-refractivity contribution is 5.95. The zero-order chi connectivity index (χ0) is 15.8. The summed E-state index contributed by atoms with van der Waals surface area (Å²) in [5.41, 5.74) is -1.40. The fraction of sp³-hybridized carbons (Fsp3) is 0.143. The van der Waals surface area contributed by atoms with Gasteiger partial charge in [-0.2, -0.15) is 13.2 Å². The third kappa shape index (κ3) is 3.01. The van der Waals surface area contributed by atoms with Crippen LogP contribution in [0.3, 0.4) is 0 Å². The lowest BCUT2D eigenvalue weighted by Gasteiger charge is -2.11. The number of carbonyl (C=O) groups is 1. The number of aromatic carboxylic acids is 1. The molecule has 2 aromatic rings. The number of hydrogen-bond acceptors (Lipinski definition) is 2. The van der Waals surface area contributed by atoms with E-state index in [4.69, 9.17) is 5.11 Å². The molecule has 3 nitrogen and oxygen atoms in total. The van der Waals surface area contributed by atoms with Gasteiger partial charge in [0, 0.05) is 11.8 Å². The molecule has 1 N–H and O–H groups in total. The van der Waals surface area contributed by atoms with Crippen molar-refractivity contribution >= 4 is 5.97 Å². The van der Waals surface area contributed by atoms with Gasteiger partial charge >= 0.3 is 12.1 Å². The number of hydrogen-bond donors (Lipinski definition) is 1. The summed E-state index contributed by atoms with van der Waals surface area (Å²) < 4.78 is 51.0. The molecule has 0 aliphatic heterocycles. The number of benzene rings is 1. The largest absolute Gasteiger partial charge is 0.478 e. The minimum absolute atomic E-state index is 0.140. The smallest absolute Gasteiger partial charge is 0.417 e. The Labute approximate surface area is 116 Å². The van der Waals surface area contributed by atoms with Gasteiger partial charge in [-0.15, -0.1) is 0 Å². The van der Waals surface area contributed by atoms with Crippen molar-refractivity contribution in [3.63, 3.8) is 0 Å². The van der Waals surface area contributed by atoms with Crippen molar-refractivity contribution in [2.45, 2.75) is 13.1 Å². The van der Waals surface area contributed by atoms with E-state index < -0.39 is 29.1 Å². The first-order chi connectivity index (χ1) is 9.70. The molecule has 0 amide bonds. The first kappa shape index (κ1) is 15.0. The molecule has 7 heteroatoms. The number of nitrogens with zero attached hydrogens (tertiary/aromatic N) is 1. The van der Waals surface area contributed by atoms with Crippen LogP contribution in [0.5, 0.6) is 0 Å². The fourth-order valence-electron chi connectivity index (χ4n) is 1.80. The Hall–Kier alpha value is -2.44. The first-order valence-electron chi connectivity index (χ1n) is 5.77. The number of pyridine rings is 1. The lowest BCUT2D eigenvalue weighted by atomic mass is 10.0. The molecule has 2 rings (SSSR count). The van der Waals surface area contributed by atoms with E-state index in [0.29, 0.717) is 12.3 Å². The molecule has 0 atom stereocenters. The molecular weight excluding hydrogens is 290 g/mol. The molecular formula is C14H9F4NO2. The Kier molecular flexibility index (Phi) is 3.67. The summed E-state index contributed by atoms with van der Waals surface area (Å²) >= 11 is 0. The average molecular weight is 299 g/mol. The maximum Gasteiger partial charge on any atom is 0.417 e. The minimum Gasteiger partial charge on any atom is -0.478 e. The third-order valence-electron chi connectivity index (χ3n) is 2.88. The normalized spacial score (nSPS) is 11.5. The maximum atomic E-state index is 13.2. The van der Waals surface area contributed by atoms with E-state index in [-0.39, 0.29) is 16.8 Å². The van der Waals surface area contributed by atoms with Crippen molar-refractivity contribution in [3.8, 4) is 11.3 Å². The Morgan fingerprint density at radius 3 is 2.43 bits per heavy atom. The van der Waals surface area contributed by atoms with E-state index in [9.17, 15) is 22.4 Å². The van der Waals surface area contributed by atoms with Gasteiger partial charge in [-0.25, -0.2) is 9.18 Å². The molecule has 1 aromatic carbocycles. The van der Waals surface area contributed by atoms with Gasteiger partial charge in [0.25, 0.3) is 0 Å². The SMILES string of the molecule is Cc1cc(-c2ncc(C(F)(F)F)cc2C(=O)O)ccc1F. The van der Waals surface area contributed by atoms with Gasteiger partial charge in [-0.1, -0.05) is 0 Å². The van der Waals surface area contributed by atoms with Crippen molar-refractivity contribution in [1.82, 2.24) is 4.98 Å². The van der Waals surface area contributed by atoms with Crippen molar-refractivity contribution in [2.24, 2.45) is 0 Å². The van der Waals surface area contributed by atoms with E-state index in [1.807, 2.05) is 0 Å². The quantitative estimate of drug-likeness (QED) is 0.855. The number of rotatable bonds is 2. The molecule has 0 saturated carbocycles. The van der Waals surface area contributed by atoms with Crippen molar-refractivity contribution in [3.05, 3.63) is 53.0 Å². The molecule has 0 spiro atoms. The predicted molar refractivity (Wildman–Crippen MR) is 66.3 cm³/mol. The van der Waals surface area contributed by atoms with Crippen LogP contribution in [-0.4, -0.2) is 16.1 Å². The van der Waals surface area contributed by atoms with Crippen LogP contribution in [0.4, 0.5) is 17.6 Å². The predicted octanol–water partition coefficient (Wildman–Crippen LogP) is 3.91. The summed E-state index contributed by atoms with van der Waals surface area (Å²) in [6, 6.07) is 4.22. The molecule has 0 aliphatic rings. The Bertz CT molecular complexity index is 711. The molecule has 0 saturated heterocycles. The summed E-state index contributed by atoms with van der Waals surface area (Å²) in [5, 5.41) is 9.06. The van der Waals surface area contributed by atoms with Crippen molar-refractivity contribution < 1.29 is 27.5 Å². The van der Waals surface area contributed by atoms with Gasteiger partial charge in [0.2, 0.25) is 0 Å². The second-order valence-electron chi connectivity index (χ2n) is 4.39. The van der Waals surface area contributed by atoms with E-state index in [1.165, 1.54) is 19.1 Å². The number of aromatic nitrogens is 1. The van der Waals surface area contributed by atoms with E-state index in [1.54, 1.807) is 0 Å². The third-order valence-corrected chi connectivity index (χ3v) is 2.88. The van der Waals surface area contributed by atoms with Gasteiger partial charge < -0.3 is 5.11 Å². The Balaban J connectivity index is 2.63. The van der Waals surface area contributed by atoms with Crippen LogP contribution in [-0.2, 0) is 6.18 Å². The second-order valence-corrected chi connectivity index (χ2v) is 4.39. The average Bonchev–Trinajstić information content (AvgIpc) is 2.40. The fourth-order valence-corrected chi connectivity index (χ4v) is 1.80. The van der Waals surface area contributed by atoms with Gasteiger partial charge in [-0.3, -0.25) is 4.98 Å². The van der Waals surface area contributed by atoms with Crippen LogP contribution >= 0.6 is 0 Å². The number of carboxylic acid groups (broad SMARTS) is 1. The summed E-state index contributed by atoms with van der Waals surface area (Å²) in [6.45, 7) is 1.46. The van der Waals surface area contributed by atoms with Crippen molar-refractivity contribution in [2.75, 3.05) is 0 Å². The molecule has 0 bridgehead atoms. The topological polar surface area (TPSA) is 50.2 Å². The number of aryl methyl sites for hydroxylation is 1. The van der Waals surface area contributed by atoms with Gasteiger partial charge in [0.05, 0.1) is 16.8 Å². The van der Waals surface area contributed by atoms with Crippen LogP contribution in [0.15, 0.2) is 30.5 Å². The molecule has 21 heavy (non-hydrogen) atoms. The zero-order valence-electron chi connectivity index (χ0n) is 10.7. The lowest BCUT2D eigenvalue weighted by Crippen LogP contribution is -2.10. The van der Waals surface area contributed by atoms with E-state index >= 15 is 0 Å². The first-order valence-corrected chi connectivity index (χ1v) is 5.77. The molecule has 1 heterocycles. The molecule has 0 radical (unpaired) electrons. The standard InChI is InChI=1S/C14H9F4NO2/c1-7-4-8(2-3-11(7)15)12-10(13(20)21)5-9(6-19-12)14(16,17)18/h2-6H,1H3,(H,20,21). The summed E-state index contributed by atoms with van der Waals surface area (Å²) in [5.74, 6) is -2.03. The number of carboxylic acids is 1. The van der Waals surface area contributed by atoms with Crippen LogP contribution in [0.2, 0.25) is 0 Å². The summed E-state index contributed by atoms with van der Waals surface area (Å²) in [4.78, 5) is 14.7. The Morgan fingerprint density at radius 1 is 1.24 bits per heavy atom. The van der Waals surface area contributed by atoms with Crippen molar-refractivity contribution in [1.29, 1.82) is 0 Å². The molecule has 1 aromatic heterocycles. The maximum absolute atomic E-state index is 13.2. The molecule has 0 aliphatic carbocycles. The van der Waals surface area contributed by atoms with E-state index in [0.717, 1.165) is 6.07 Å². The summed E-state index contributed by atoms with van der Waals surface area (Å²) in [7, 11) is 0. The van der Waals surface area contributed by atoms with Gasteiger partial charge in [0.1, 0.15) is 5.82 Å². The highest BCUT2D eigenvalue weighted by Gasteiger charge is 2.32. The van der Waals surface area contributed by atoms with E-state index in [2.05, 4.69) is 4.98 Å². The Morgan fingerprint density at radius 2 is 1.90 bits per heavy atom. The van der Waals surface area contributed by atoms with Crippen LogP contribution in [0.1, 0.15) is 21.5 Å². The second kappa shape index (κ2) is 5.16. The lowest BCUT2D eigenvalue weighted by molar-refractivity contribution is -0.137. The van der Waals surface area contributed by atoms with Crippen LogP contribution in [0.25, 0.3) is 11.3 Å². The molecule has 0 unspecified atom stereocenters. The minimum atomic E-state index is -4.69. The number of halogens is 4. The molecule has 0 fully saturated rings. The monoisotopic (exact) mass is 299 g/mol. The van der Waals surface area contributed by atoms with Crippen LogP contribution < -0.4 is 0 Å². The van der Waals surface area contributed by atoms with Gasteiger partial charge in [-0.05, 0) is 36.8 Å². The van der Waals surface area contributed by atoms with Crippen LogP contribution in [0, 0.1) is 12.7 Å². The molecule has 110 valence electrons. The zero-order valence-corrected chi connectivity index (χ0v) is 10.7. The van der Waals surface area contributed by atoms with Gasteiger partial charge in [0.15, 0.2) is 0 Å².